The van der Waals surface area contributed by atoms with Crippen molar-refractivity contribution in [3.63, 3.8) is 0 Å². The van der Waals surface area contributed by atoms with Gasteiger partial charge in [-0.05, 0) is 50.7 Å². The highest BCUT2D eigenvalue weighted by Crippen LogP contribution is 2.33. The lowest BCUT2D eigenvalue weighted by molar-refractivity contribution is 0.0872. The summed E-state index contributed by atoms with van der Waals surface area (Å²) >= 11 is 6.13. The first-order chi connectivity index (χ1) is 9.04. The van der Waals surface area contributed by atoms with Crippen LogP contribution in [0.2, 0.25) is 0 Å². The molecule has 0 spiro atoms. The van der Waals surface area contributed by atoms with Gasteiger partial charge in [0, 0.05) is 11.4 Å². The molecule has 0 heterocycles. The van der Waals surface area contributed by atoms with E-state index in [4.69, 9.17) is 11.6 Å². The molecule has 0 aliphatic heterocycles. The van der Waals surface area contributed by atoms with Gasteiger partial charge in [-0.25, -0.2) is 0 Å². The molecule has 1 aliphatic carbocycles. The molecule has 0 radical (unpaired) electrons. The van der Waals surface area contributed by atoms with Gasteiger partial charge in [-0.2, -0.15) is 0 Å². The number of nitrogens with one attached hydrogen (secondary N) is 1. The van der Waals surface area contributed by atoms with E-state index >= 15 is 0 Å². The lowest BCUT2D eigenvalue weighted by Crippen LogP contribution is -2.52. The standard InChI is InChI=1S/C16H22ClNO/c1-12-6-8-16(11-17,9-7-12)18-15(19)14-5-3-4-13(2)10-14/h3-5,10,12H,6-9,11H2,1-2H3,(H,18,19). The third-order valence-electron chi connectivity index (χ3n) is 4.15. The zero-order valence-corrected chi connectivity index (χ0v) is 12.5. The zero-order valence-electron chi connectivity index (χ0n) is 11.7. The Morgan fingerprint density at radius 2 is 2.11 bits per heavy atom. The Balaban J connectivity index is 2.08. The quantitative estimate of drug-likeness (QED) is 0.835. The first-order valence-corrected chi connectivity index (χ1v) is 7.53. The molecule has 1 aliphatic rings. The van der Waals surface area contributed by atoms with Crippen molar-refractivity contribution in [2.75, 3.05) is 5.88 Å². The summed E-state index contributed by atoms with van der Waals surface area (Å²) in [5.41, 5.74) is 1.61. The lowest BCUT2D eigenvalue weighted by Gasteiger charge is -2.38. The van der Waals surface area contributed by atoms with E-state index < -0.39 is 0 Å². The van der Waals surface area contributed by atoms with Gasteiger partial charge < -0.3 is 5.32 Å². The van der Waals surface area contributed by atoms with E-state index in [1.807, 2.05) is 31.2 Å². The van der Waals surface area contributed by atoms with E-state index in [9.17, 15) is 4.79 Å². The Morgan fingerprint density at radius 1 is 1.42 bits per heavy atom. The maximum absolute atomic E-state index is 12.3. The fraction of sp³-hybridized carbons (Fsp3) is 0.562. The number of carbonyl (C=O) groups excluding carboxylic acids is 1. The predicted molar refractivity (Wildman–Crippen MR) is 79.7 cm³/mol. The van der Waals surface area contributed by atoms with Crippen molar-refractivity contribution >= 4 is 17.5 Å². The van der Waals surface area contributed by atoms with Crippen LogP contribution in [-0.4, -0.2) is 17.3 Å². The number of benzene rings is 1. The summed E-state index contributed by atoms with van der Waals surface area (Å²) in [6.07, 6.45) is 4.24. The molecule has 2 rings (SSSR count). The second-order valence-electron chi connectivity index (χ2n) is 5.92. The monoisotopic (exact) mass is 279 g/mol. The third kappa shape index (κ3) is 3.50. The van der Waals surface area contributed by atoms with Crippen LogP contribution < -0.4 is 5.32 Å². The van der Waals surface area contributed by atoms with Crippen molar-refractivity contribution in [2.45, 2.75) is 45.1 Å². The van der Waals surface area contributed by atoms with Crippen LogP contribution in [0.4, 0.5) is 0 Å². The van der Waals surface area contributed by atoms with Crippen LogP contribution >= 0.6 is 11.6 Å². The van der Waals surface area contributed by atoms with Gasteiger partial charge in [-0.3, -0.25) is 4.79 Å². The third-order valence-corrected chi connectivity index (χ3v) is 4.66. The molecule has 1 aromatic rings. The first kappa shape index (κ1) is 14.4. The molecule has 1 amide bonds. The van der Waals surface area contributed by atoms with Crippen LogP contribution in [0.3, 0.4) is 0 Å². The minimum Gasteiger partial charge on any atom is -0.345 e. The van der Waals surface area contributed by atoms with Gasteiger partial charge in [-0.1, -0.05) is 24.6 Å². The van der Waals surface area contributed by atoms with E-state index in [-0.39, 0.29) is 11.4 Å². The molecule has 1 aromatic carbocycles. The summed E-state index contributed by atoms with van der Waals surface area (Å²) in [5, 5.41) is 3.18. The maximum atomic E-state index is 12.3. The number of halogens is 1. The van der Waals surface area contributed by atoms with Gasteiger partial charge in [0.15, 0.2) is 0 Å². The van der Waals surface area contributed by atoms with Gasteiger partial charge in [0.1, 0.15) is 0 Å². The Morgan fingerprint density at radius 3 is 2.68 bits per heavy atom. The van der Waals surface area contributed by atoms with Crippen LogP contribution in [0.15, 0.2) is 24.3 Å². The summed E-state index contributed by atoms with van der Waals surface area (Å²) in [7, 11) is 0. The molecule has 0 aromatic heterocycles. The van der Waals surface area contributed by atoms with Crippen molar-refractivity contribution in [3.05, 3.63) is 35.4 Å². The van der Waals surface area contributed by atoms with E-state index in [0.29, 0.717) is 5.88 Å². The van der Waals surface area contributed by atoms with Gasteiger partial charge in [0.25, 0.3) is 5.91 Å². The highest BCUT2D eigenvalue weighted by molar-refractivity contribution is 6.19. The summed E-state index contributed by atoms with van der Waals surface area (Å²) in [6.45, 7) is 4.26. The molecular formula is C16H22ClNO. The van der Waals surface area contributed by atoms with E-state index in [1.54, 1.807) is 0 Å². The van der Waals surface area contributed by atoms with Crippen LogP contribution in [0.25, 0.3) is 0 Å². The van der Waals surface area contributed by atoms with Crippen LogP contribution in [0, 0.1) is 12.8 Å². The number of hydrogen-bond donors (Lipinski definition) is 1. The fourth-order valence-corrected chi connectivity index (χ4v) is 3.04. The van der Waals surface area contributed by atoms with Crippen molar-refractivity contribution in [2.24, 2.45) is 5.92 Å². The molecule has 1 N–H and O–H groups in total. The Kier molecular flexibility index (Phi) is 4.51. The van der Waals surface area contributed by atoms with Crippen LogP contribution in [0.5, 0.6) is 0 Å². The fourth-order valence-electron chi connectivity index (χ4n) is 2.71. The van der Waals surface area contributed by atoms with Crippen molar-refractivity contribution in [3.8, 4) is 0 Å². The summed E-state index contributed by atoms with van der Waals surface area (Å²) in [6, 6.07) is 7.69. The maximum Gasteiger partial charge on any atom is 0.251 e. The summed E-state index contributed by atoms with van der Waals surface area (Å²) in [4.78, 5) is 12.3. The lowest BCUT2D eigenvalue weighted by atomic mass is 9.78. The normalized spacial score (nSPS) is 27.0. The first-order valence-electron chi connectivity index (χ1n) is 7.00. The molecular weight excluding hydrogens is 258 g/mol. The van der Waals surface area contributed by atoms with Gasteiger partial charge in [0.05, 0.1) is 5.54 Å². The Hall–Kier alpha value is -1.02. The SMILES string of the molecule is Cc1cccc(C(=O)NC2(CCl)CCC(C)CC2)c1. The van der Waals surface area contributed by atoms with E-state index in [0.717, 1.165) is 42.7 Å². The summed E-state index contributed by atoms with van der Waals surface area (Å²) in [5.74, 6) is 1.24. The molecule has 0 unspecified atom stereocenters. The molecule has 2 nitrogen and oxygen atoms in total. The Bertz CT molecular complexity index is 450. The number of rotatable bonds is 3. The smallest absolute Gasteiger partial charge is 0.251 e. The molecule has 0 saturated heterocycles. The van der Waals surface area contributed by atoms with Crippen molar-refractivity contribution < 1.29 is 4.79 Å². The minimum atomic E-state index is -0.213. The average Bonchev–Trinajstić information content (AvgIpc) is 2.42. The predicted octanol–water partition coefficient (Wildman–Crippen LogP) is 3.91. The number of carbonyl (C=O) groups is 1. The highest BCUT2D eigenvalue weighted by atomic mass is 35.5. The molecule has 1 saturated carbocycles. The number of amides is 1. The molecule has 1 fully saturated rings. The average molecular weight is 280 g/mol. The van der Waals surface area contributed by atoms with Crippen molar-refractivity contribution in [1.29, 1.82) is 0 Å². The zero-order chi connectivity index (χ0) is 13.9. The largest absolute Gasteiger partial charge is 0.345 e. The second-order valence-corrected chi connectivity index (χ2v) is 6.19. The molecule has 104 valence electrons. The van der Waals surface area contributed by atoms with Gasteiger partial charge in [-0.15, -0.1) is 11.6 Å². The second kappa shape index (κ2) is 5.96. The molecule has 0 atom stereocenters. The minimum absolute atomic E-state index is 0.00102. The number of alkyl halides is 1. The van der Waals surface area contributed by atoms with Crippen molar-refractivity contribution in [1.82, 2.24) is 5.32 Å². The van der Waals surface area contributed by atoms with Crippen LogP contribution in [-0.2, 0) is 0 Å². The number of aryl methyl sites for hydroxylation is 1. The number of hydrogen-bond acceptors (Lipinski definition) is 1. The van der Waals surface area contributed by atoms with Crippen LogP contribution in [0.1, 0.15) is 48.5 Å². The molecule has 19 heavy (non-hydrogen) atoms. The topological polar surface area (TPSA) is 29.1 Å². The molecule has 3 heteroatoms. The highest BCUT2D eigenvalue weighted by Gasteiger charge is 2.34. The van der Waals surface area contributed by atoms with Gasteiger partial charge in [0.2, 0.25) is 0 Å². The van der Waals surface area contributed by atoms with E-state index in [1.165, 1.54) is 0 Å². The molecule has 0 bridgehead atoms. The van der Waals surface area contributed by atoms with Gasteiger partial charge >= 0.3 is 0 Å². The Labute approximate surface area is 120 Å². The summed E-state index contributed by atoms with van der Waals surface area (Å²) < 4.78 is 0. The van der Waals surface area contributed by atoms with E-state index in [2.05, 4.69) is 12.2 Å².